The second kappa shape index (κ2) is 12.1. The molecule has 1 saturated carbocycles. The molecule has 3 aromatic heterocycles. The van der Waals surface area contributed by atoms with Crippen molar-refractivity contribution in [3.05, 3.63) is 95.8 Å². The molecule has 3 heterocycles. The summed E-state index contributed by atoms with van der Waals surface area (Å²) in [6.45, 7) is 1.65. The lowest BCUT2D eigenvalue weighted by atomic mass is 9.85. The molecule has 1 aliphatic rings. The summed E-state index contributed by atoms with van der Waals surface area (Å²) in [6.07, 6.45) is 10.9. The molecule has 5 aromatic rings. The average Bonchev–Trinajstić information content (AvgIpc) is 3.41. The van der Waals surface area contributed by atoms with E-state index in [0.717, 1.165) is 46.4 Å². The van der Waals surface area contributed by atoms with Crippen molar-refractivity contribution in [2.75, 3.05) is 5.32 Å². The van der Waals surface area contributed by atoms with E-state index in [0.29, 0.717) is 17.2 Å². The van der Waals surface area contributed by atoms with E-state index in [1.54, 1.807) is 49.8 Å². The molecular weight excluding hydrogens is 550 g/mol. The molecule has 9 nitrogen and oxygen atoms in total. The number of nitrogens with one attached hydrogen (secondary N) is 2. The maximum Gasteiger partial charge on any atom is 0.251 e. The topological polar surface area (TPSA) is 115 Å². The van der Waals surface area contributed by atoms with Crippen LogP contribution in [0.25, 0.3) is 27.8 Å². The summed E-state index contributed by atoms with van der Waals surface area (Å²) in [6, 6.07) is 17.9. The molecule has 1 aliphatic carbocycles. The van der Waals surface area contributed by atoms with Gasteiger partial charge in [0.15, 0.2) is 5.82 Å². The van der Waals surface area contributed by atoms with Crippen LogP contribution in [0.3, 0.4) is 0 Å². The Bertz CT molecular complexity index is 1710. The Morgan fingerprint density at radius 3 is 2.40 bits per heavy atom. The number of carbonyl (C=O) groups excluding carboxylic acids is 2. The van der Waals surface area contributed by atoms with Gasteiger partial charge in [0, 0.05) is 46.7 Å². The quantitative estimate of drug-likeness (QED) is 0.218. The minimum atomic E-state index is -0.763. The maximum absolute atomic E-state index is 13.2. The van der Waals surface area contributed by atoms with Crippen LogP contribution in [-0.2, 0) is 4.79 Å². The Morgan fingerprint density at radius 1 is 0.929 bits per heavy atom. The van der Waals surface area contributed by atoms with Gasteiger partial charge in [-0.2, -0.15) is 5.10 Å². The van der Waals surface area contributed by atoms with Crippen molar-refractivity contribution in [2.24, 2.45) is 0 Å². The van der Waals surface area contributed by atoms with Gasteiger partial charge in [0.05, 0.1) is 11.2 Å². The van der Waals surface area contributed by atoms with Crippen LogP contribution in [0.4, 0.5) is 5.69 Å². The molecular formula is C32H30ClN7O2. The number of rotatable bonds is 7. The van der Waals surface area contributed by atoms with Gasteiger partial charge in [0.2, 0.25) is 11.2 Å². The zero-order valence-electron chi connectivity index (χ0n) is 23.1. The van der Waals surface area contributed by atoms with E-state index in [9.17, 15) is 9.59 Å². The summed E-state index contributed by atoms with van der Waals surface area (Å²) in [5.74, 6) is 0.484. The predicted molar refractivity (Wildman–Crippen MR) is 163 cm³/mol. The van der Waals surface area contributed by atoms with Crippen molar-refractivity contribution in [2.45, 2.75) is 51.0 Å². The zero-order valence-corrected chi connectivity index (χ0v) is 23.9. The van der Waals surface area contributed by atoms with E-state index in [-0.39, 0.29) is 17.1 Å². The first-order chi connectivity index (χ1) is 20.5. The largest absolute Gasteiger partial charge is 0.341 e. The molecule has 2 N–H and O–H groups in total. The van der Waals surface area contributed by atoms with Gasteiger partial charge in [-0.05, 0) is 73.3 Å². The zero-order chi connectivity index (χ0) is 29.1. The van der Waals surface area contributed by atoms with Crippen LogP contribution in [-0.4, -0.2) is 42.6 Å². The van der Waals surface area contributed by atoms with Gasteiger partial charge in [-0.3, -0.25) is 9.59 Å². The fraction of sp³-hybridized carbons (Fsp3) is 0.250. The number of anilines is 1. The van der Waals surface area contributed by atoms with Gasteiger partial charge >= 0.3 is 0 Å². The van der Waals surface area contributed by atoms with E-state index < -0.39 is 6.04 Å². The number of hydrogen-bond acceptors (Lipinski definition) is 6. The molecule has 6 rings (SSSR count). The summed E-state index contributed by atoms with van der Waals surface area (Å²) in [7, 11) is 0. The fourth-order valence-corrected chi connectivity index (χ4v) is 5.57. The van der Waals surface area contributed by atoms with E-state index in [1.807, 2.05) is 41.1 Å². The summed E-state index contributed by atoms with van der Waals surface area (Å²) < 4.78 is 1.93. The lowest BCUT2D eigenvalue weighted by Crippen LogP contribution is -2.41. The molecule has 0 aliphatic heterocycles. The Hall–Kier alpha value is -4.63. The van der Waals surface area contributed by atoms with E-state index >= 15 is 0 Å². The van der Waals surface area contributed by atoms with E-state index in [4.69, 9.17) is 16.7 Å². The first-order valence-corrected chi connectivity index (χ1v) is 14.5. The van der Waals surface area contributed by atoms with Crippen molar-refractivity contribution in [1.29, 1.82) is 0 Å². The molecule has 1 atom stereocenters. The molecule has 42 heavy (non-hydrogen) atoms. The Kier molecular flexibility index (Phi) is 7.92. The van der Waals surface area contributed by atoms with Crippen LogP contribution in [0.1, 0.15) is 61.0 Å². The Morgan fingerprint density at radius 2 is 1.69 bits per heavy atom. The number of carbonyl (C=O) groups is 2. The third-order valence-corrected chi connectivity index (χ3v) is 7.87. The number of hydrogen-bond donors (Lipinski definition) is 2. The molecule has 0 bridgehead atoms. The van der Waals surface area contributed by atoms with Crippen LogP contribution in [0.2, 0.25) is 5.28 Å². The van der Waals surface area contributed by atoms with Gasteiger partial charge < -0.3 is 10.6 Å². The molecule has 2 aromatic carbocycles. The van der Waals surface area contributed by atoms with Crippen LogP contribution in [0, 0.1) is 0 Å². The fourth-order valence-electron chi connectivity index (χ4n) is 5.47. The van der Waals surface area contributed by atoms with Gasteiger partial charge in [0.25, 0.3) is 5.91 Å². The van der Waals surface area contributed by atoms with Crippen LogP contribution in [0.15, 0.2) is 79.3 Å². The second-order valence-corrected chi connectivity index (χ2v) is 10.9. The van der Waals surface area contributed by atoms with Crippen LogP contribution >= 0.6 is 11.6 Å². The molecule has 1 fully saturated rings. The molecule has 212 valence electrons. The number of benzene rings is 2. The molecule has 2 amide bonds. The van der Waals surface area contributed by atoms with E-state index in [1.165, 1.54) is 19.3 Å². The van der Waals surface area contributed by atoms with Crippen molar-refractivity contribution in [3.63, 3.8) is 0 Å². The van der Waals surface area contributed by atoms with Crippen molar-refractivity contribution >= 4 is 40.0 Å². The number of pyridine rings is 1. The highest BCUT2D eigenvalue weighted by Crippen LogP contribution is 2.37. The van der Waals surface area contributed by atoms with Gasteiger partial charge in [0.1, 0.15) is 6.04 Å². The molecule has 0 radical (unpaired) electrons. The first kappa shape index (κ1) is 27.5. The average molecular weight is 580 g/mol. The highest BCUT2D eigenvalue weighted by atomic mass is 35.5. The van der Waals surface area contributed by atoms with Crippen molar-refractivity contribution < 1.29 is 9.59 Å². The summed E-state index contributed by atoms with van der Waals surface area (Å²) in [4.78, 5) is 38.6. The SMILES string of the molecule is C[C@@H](NC(=O)c1ccc2c(C3CCCCC3)n(-c3ccccn3)nc2c1)C(=O)Nc1ccc(-c2cnc(Cl)nc2)cc1. The normalized spacial score (nSPS) is 14.4. The van der Waals surface area contributed by atoms with Gasteiger partial charge in [-0.25, -0.2) is 19.6 Å². The lowest BCUT2D eigenvalue weighted by molar-refractivity contribution is -0.117. The monoisotopic (exact) mass is 579 g/mol. The van der Waals surface area contributed by atoms with Gasteiger partial charge in [-0.15, -0.1) is 0 Å². The highest BCUT2D eigenvalue weighted by Gasteiger charge is 2.25. The third-order valence-electron chi connectivity index (χ3n) is 7.68. The van der Waals surface area contributed by atoms with Crippen molar-refractivity contribution in [1.82, 2.24) is 30.0 Å². The number of amides is 2. The van der Waals surface area contributed by atoms with Gasteiger partial charge in [-0.1, -0.05) is 43.5 Å². The standard InChI is InChI=1S/C32H30ClN7O2/c1-20(30(41)38-25-13-10-21(11-14-25)24-18-35-32(33)36-19-24)37-31(42)23-12-15-26-27(17-23)39-40(28-9-5-6-16-34-28)29(26)22-7-3-2-4-8-22/h5-6,9-20,22H,2-4,7-8H2,1H3,(H,37,42)(H,38,41)/t20-/m1/s1. The Balaban J connectivity index is 1.16. The number of aromatic nitrogens is 5. The Labute approximate surface area is 248 Å². The smallest absolute Gasteiger partial charge is 0.251 e. The molecule has 0 saturated heterocycles. The maximum atomic E-state index is 13.2. The first-order valence-electron chi connectivity index (χ1n) is 14.1. The summed E-state index contributed by atoms with van der Waals surface area (Å²) >= 11 is 5.77. The second-order valence-electron chi connectivity index (χ2n) is 10.6. The molecule has 0 unspecified atom stereocenters. The predicted octanol–water partition coefficient (Wildman–Crippen LogP) is 6.34. The summed E-state index contributed by atoms with van der Waals surface area (Å²) in [5.41, 5.74) is 4.63. The number of fused-ring (bicyclic) bond motifs is 1. The molecule has 10 heteroatoms. The van der Waals surface area contributed by atoms with E-state index in [2.05, 4.69) is 25.6 Å². The molecule has 0 spiro atoms. The minimum Gasteiger partial charge on any atom is -0.341 e. The van der Waals surface area contributed by atoms with Crippen LogP contribution in [0.5, 0.6) is 0 Å². The lowest BCUT2D eigenvalue weighted by Gasteiger charge is -2.22. The third kappa shape index (κ3) is 5.87. The summed E-state index contributed by atoms with van der Waals surface area (Å²) in [5, 5.41) is 11.8. The number of halogens is 1. The minimum absolute atomic E-state index is 0.182. The van der Waals surface area contributed by atoms with Crippen molar-refractivity contribution in [3.8, 4) is 16.9 Å². The van der Waals surface area contributed by atoms with Crippen LogP contribution < -0.4 is 10.6 Å². The number of nitrogens with zero attached hydrogens (tertiary/aromatic N) is 5. The highest BCUT2D eigenvalue weighted by molar-refractivity contribution is 6.28.